The first kappa shape index (κ1) is 17.2. The van der Waals surface area contributed by atoms with Crippen LogP contribution in [0.25, 0.3) is 0 Å². The number of nitrogens with one attached hydrogen (secondary N) is 1. The lowest BCUT2D eigenvalue weighted by atomic mass is 9.81. The maximum Gasteiger partial charge on any atom is 0.223 e. The van der Waals surface area contributed by atoms with Gasteiger partial charge in [-0.1, -0.05) is 25.5 Å². The van der Waals surface area contributed by atoms with Crippen LogP contribution in [0.5, 0.6) is 5.75 Å². The van der Waals surface area contributed by atoms with Crippen molar-refractivity contribution in [2.24, 2.45) is 5.92 Å². The summed E-state index contributed by atoms with van der Waals surface area (Å²) in [6.07, 6.45) is 6.31. The molecule has 0 bridgehead atoms. The van der Waals surface area contributed by atoms with E-state index < -0.39 is 0 Å². The second kappa shape index (κ2) is 7.53. The normalized spacial score (nSPS) is 26.6. The zero-order valence-electron chi connectivity index (χ0n) is 14.6. The van der Waals surface area contributed by atoms with Crippen molar-refractivity contribution in [3.63, 3.8) is 0 Å². The first-order chi connectivity index (χ1) is 11.5. The molecule has 132 valence electrons. The van der Waals surface area contributed by atoms with Gasteiger partial charge in [-0.05, 0) is 25.2 Å². The number of piperazine rings is 1. The largest absolute Gasteiger partial charge is 0.503 e. The highest BCUT2D eigenvalue weighted by atomic mass is 16.3. The number of aromatic hydroxyl groups is 1. The van der Waals surface area contributed by atoms with Gasteiger partial charge < -0.3 is 10.1 Å². The van der Waals surface area contributed by atoms with E-state index in [1.807, 2.05) is 0 Å². The molecule has 0 aromatic carbocycles. The monoisotopic (exact) mass is 331 g/mol. The lowest BCUT2D eigenvalue weighted by molar-refractivity contribution is 0.0724. The van der Waals surface area contributed by atoms with E-state index in [2.05, 4.69) is 28.3 Å². The van der Waals surface area contributed by atoms with Crippen LogP contribution in [0.4, 0.5) is 0 Å². The van der Waals surface area contributed by atoms with Crippen LogP contribution in [-0.2, 0) is 6.54 Å². The molecule has 2 N–H and O–H groups in total. The number of H-pyrrole nitrogens is 1. The highest BCUT2D eigenvalue weighted by molar-refractivity contribution is 5.18. The number of aromatic nitrogens is 1. The minimum absolute atomic E-state index is 0.216. The van der Waals surface area contributed by atoms with Crippen molar-refractivity contribution in [1.29, 1.82) is 0 Å². The Morgan fingerprint density at radius 2 is 2.04 bits per heavy atom. The van der Waals surface area contributed by atoms with Gasteiger partial charge in [0.15, 0.2) is 5.75 Å². The van der Waals surface area contributed by atoms with Gasteiger partial charge in [0.1, 0.15) is 0 Å². The third kappa shape index (κ3) is 4.08. The number of rotatable bonds is 4. The van der Waals surface area contributed by atoms with Crippen molar-refractivity contribution in [3.05, 3.63) is 40.3 Å². The standard InChI is InChI=1S/C19H29N3O2/c1-3-15-8-14(2)9-17(10-15)22-6-4-21(5-7-22)13-16-11-18(23)19(24)12-20-16/h11-12,15,17,24H,2-10,13H2,1H3,(H,20,23). The summed E-state index contributed by atoms with van der Waals surface area (Å²) < 4.78 is 0. The van der Waals surface area contributed by atoms with Crippen molar-refractivity contribution in [2.45, 2.75) is 45.2 Å². The van der Waals surface area contributed by atoms with Crippen LogP contribution in [0.15, 0.2) is 29.2 Å². The topological polar surface area (TPSA) is 59.6 Å². The zero-order chi connectivity index (χ0) is 17.1. The molecule has 1 aliphatic carbocycles. The lowest BCUT2D eigenvalue weighted by Crippen LogP contribution is -2.51. The number of nitrogens with zero attached hydrogens (tertiary/aromatic N) is 2. The lowest BCUT2D eigenvalue weighted by Gasteiger charge is -2.42. The molecule has 0 amide bonds. The summed E-state index contributed by atoms with van der Waals surface area (Å²) in [5.74, 6) is 0.586. The van der Waals surface area contributed by atoms with Crippen molar-refractivity contribution in [2.75, 3.05) is 26.2 Å². The molecule has 1 aromatic heterocycles. The molecule has 1 aromatic rings. The Bertz CT molecular complexity index is 632. The molecule has 1 saturated carbocycles. The van der Waals surface area contributed by atoms with Gasteiger partial charge in [0, 0.05) is 56.7 Å². The van der Waals surface area contributed by atoms with E-state index in [4.69, 9.17) is 0 Å². The van der Waals surface area contributed by atoms with Crippen LogP contribution in [-0.4, -0.2) is 52.1 Å². The van der Waals surface area contributed by atoms with Crippen molar-refractivity contribution >= 4 is 0 Å². The van der Waals surface area contributed by atoms with Crippen molar-refractivity contribution in [1.82, 2.24) is 14.8 Å². The van der Waals surface area contributed by atoms with Crippen LogP contribution < -0.4 is 5.43 Å². The van der Waals surface area contributed by atoms with E-state index in [1.165, 1.54) is 37.1 Å². The molecule has 5 nitrogen and oxygen atoms in total. The van der Waals surface area contributed by atoms with Gasteiger partial charge in [-0.3, -0.25) is 14.6 Å². The number of hydrogen-bond acceptors (Lipinski definition) is 4. The van der Waals surface area contributed by atoms with Crippen LogP contribution in [0.3, 0.4) is 0 Å². The van der Waals surface area contributed by atoms with Gasteiger partial charge >= 0.3 is 0 Å². The molecule has 3 rings (SSSR count). The molecule has 2 unspecified atom stereocenters. The molecule has 2 fully saturated rings. The summed E-state index contributed by atoms with van der Waals surface area (Å²) in [6.45, 7) is 11.5. The molecule has 0 radical (unpaired) electrons. The molecule has 5 heteroatoms. The Kier molecular flexibility index (Phi) is 5.41. The fraction of sp³-hybridized carbons (Fsp3) is 0.632. The van der Waals surface area contributed by atoms with Crippen molar-refractivity contribution in [3.8, 4) is 5.75 Å². The highest BCUT2D eigenvalue weighted by Crippen LogP contribution is 2.33. The molecule has 0 spiro atoms. The minimum atomic E-state index is -0.311. The third-order valence-electron chi connectivity index (χ3n) is 5.55. The number of pyridine rings is 1. The Morgan fingerprint density at radius 1 is 1.29 bits per heavy atom. The van der Waals surface area contributed by atoms with E-state index >= 15 is 0 Å². The van der Waals surface area contributed by atoms with Crippen LogP contribution >= 0.6 is 0 Å². The molecular formula is C19H29N3O2. The molecule has 24 heavy (non-hydrogen) atoms. The fourth-order valence-electron chi connectivity index (χ4n) is 4.09. The van der Waals surface area contributed by atoms with E-state index in [0.29, 0.717) is 6.04 Å². The highest BCUT2D eigenvalue weighted by Gasteiger charge is 2.29. The smallest absolute Gasteiger partial charge is 0.223 e. The van der Waals surface area contributed by atoms with Gasteiger partial charge in [-0.15, -0.1) is 0 Å². The van der Waals surface area contributed by atoms with E-state index in [-0.39, 0.29) is 11.2 Å². The number of aromatic amines is 1. The zero-order valence-corrected chi connectivity index (χ0v) is 14.6. The fourth-order valence-corrected chi connectivity index (χ4v) is 4.09. The quantitative estimate of drug-likeness (QED) is 0.832. The second-order valence-corrected chi connectivity index (χ2v) is 7.34. The van der Waals surface area contributed by atoms with Gasteiger partial charge in [-0.25, -0.2) is 0 Å². The molecular weight excluding hydrogens is 302 g/mol. The number of hydrogen-bond donors (Lipinski definition) is 2. The van der Waals surface area contributed by atoms with E-state index in [1.54, 1.807) is 0 Å². The molecule has 1 saturated heterocycles. The summed E-state index contributed by atoms with van der Waals surface area (Å²) in [5.41, 5.74) is 1.97. The Morgan fingerprint density at radius 3 is 2.71 bits per heavy atom. The molecule has 2 atom stereocenters. The summed E-state index contributed by atoms with van der Waals surface area (Å²) in [7, 11) is 0. The van der Waals surface area contributed by atoms with Gasteiger partial charge in [0.05, 0.1) is 0 Å². The first-order valence-corrected chi connectivity index (χ1v) is 9.08. The van der Waals surface area contributed by atoms with Gasteiger partial charge in [-0.2, -0.15) is 0 Å². The Balaban J connectivity index is 1.52. The maximum absolute atomic E-state index is 11.5. The van der Waals surface area contributed by atoms with Crippen LogP contribution in [0, 0.1) is 5.92 Å². The van der Waals surface area contributed by atoms with Gasteiger partial charge in [0.25, 0.3) is 0 Å². The predicted octanol–water partition coefficient (Wildman–Crippen LogP) is 2.33. The summed E-state index contributed by atoms with van der Waals surface area (Å²) in [6, 6.07) is 2.16. The Labute approximate surface area is 144 Å². The maximum atomic E-state index is 11.5. The first-order valence-electron chi connectivity index (χ1n) is 9.08. The SMILES string of the molecule is C=C1CC(CC)CC(N2CCN(Cc3cc(=O)c(O)c[nH]3)CC2)C1. The average molecular weight is 331 g/mol. The van der Waals surface area contributed by atoms with Gasteiger partial charge in [0.2, 0.25) is 5.43 Å². The van der Waals surface area contributed by atoms with Crippen LogP contribution in [0.2, 0.25) is 0 Å². The third-order valence-corrected chi connectivity index (χ3v) is 5.55. The molecule has 2 aliphatic rings. The Hall–Kier alpha value is -1.59. The predicted molar refractivity (Wildman–Crippen MR) is 96.1 cm³/mol. The summed E-state index contributed by atoms with van der Waals surface area (Å²) in [5, 5.41) is 9.32. The summed E-state index contributed by atoms with van der Waals surface area (Å²) >= 11 is 0. The summed E-state index contributed by atoms with van der Waals surface area (Å²) in [4.78, 5) is 19.5. The average Bonchev–Trinajstić information content (AvgIpc) is 2.58. The van der Waals surface area contributed by atoms with Crippen LogP contribution in [0.1, 0.15) is 38.3 Å². The second-order valence-electron chi connectivity index (χ2n) is 7.34. The van der Waals surface area contributed by atoms with E-state index in [0.717, 1.165) is 50.8 Å². The molecule has 1 aliphatic heterocycles. The van der Waals surface area contributed by atoms with E-state index in [9.17, 15) is 9.90 Å². The molecule has 2 heterocycles. The van der Waals surface area contributed by atoms with Crippen molar-refractivity contribution < 1.29 is 5.11 Å². The minimum Gasteiger partial charge on any atom is -0.503 e.